The van der Waals surface area contributed by atoms with Crippen LogP contribution in [0.1, 0.15) is 31.2 Å². The van der Waals surface area contributed by atoms with E-state index in [9.17, 15) is 4.79 Å². The molecule has 6 heteroatoms. The van der Waals surface area contributed by atoms with Gasteiger partial charge in [0, 0.05) is 30.3 Å². The fraction of sp³-hybridized carbons (Fsp3) is 0.429. The molecule has 20 heavy (non-hydrogen) atoms. The van der Waals surface area contributed by atoms with Gasteiger partial charge in [-0.15, -0.1) is 0 Å². The number of rotatable bonds is 7. The molecule has 1 aliphatic carbocycles. The highest BCUT2D eigenvalue weighted by molar-refractivity contribution is 7.80. The van der Waals surface area contributed by atoms with Gasteiger partial charge in [-0.25, -0.2) is 0 Å². The van der Waals surface area contributed by atoms with Crippen LogP contribution in [-0.4, -0.2) is 23.5 Å². The lowest BCUT2D eigenvalue weighted by atomic mass is 10.2. The molecular formula is C14H18ClN3OS. The van der Waals surface area contributed by atoms with Gasteiger partial charge in [0.25, 0.3) is 0 Å². The van der Waals surface area contributed by atoms with Gasteiger partial charge < -0.3 is 16.4 Å². The topological polar surface area (TPSA) is 67.1 Å². The van der Waals surface area contributed by atoms with Crippen LogP contribution in [0.5, 0.6) is 0 Å². The van der Waals surface area contributed by atoms with Crippen molar-refractivity contribution >= 4 is 40.4 Å². The average Bonchev–Trinajstić information content (AvgIpc) is 3.18. The summed E-state index contributed by atoms with van der Waals surface area (Å²) >= 11 is 11.0. The van der Waals surface area contributed by atoms with E-state index in [0.29, 0.717) is 28.0 Å². The number of carbonyl (C=O) groups is 1. The van der Waals surface area contributed by atoms with Gasteiger partial charge in [-0.3, -0.25) is 4.79 Å². The number of anilines is 1. The molecule has 4 N–H and O–H groups in total. The van der Waals surface area contributed by atoms with Crippen LogP contribution in [0.4, 0.5) is 5.69 Å². The second-order valence-electron chi connectivity index (χ2n) is 4.93. The Kier molecular flexibility index (Phi) is 5.20. The van der Waals surface area contributed by atoms with E-state index in [0.717, 1.165) is 31.5 Å². The molecule has 0 aliphatic heterocycles. The van der Waals surface area contributed by atoms with Crippen molar-refractivity contribution in [3.05, 3.63) is 28.8 Å². The molecule has 0 bridgehead atoms. The van der Waals surface area contributed by atoms with E-state index in [1.54, 1.807) is 12.1 Å². The van der Waals surface area contributed by atoms with Gasteiger partial charge in [-0.2, -0.15) is 0 Å². The summed E-state index contributed by atoms with van der Waals surface area (Å²) in [5.41, 5.74) is 7.12. The van der Waals surface area contributed by atoms with E-state index in [4.69, 9.17) is 29.6 Å². The van der Waals surface area contributed by atoms with E-state index in [-0.39, 0.29) is 5.91 Å². The highest BCUT2D eigenvalue weighted by Crippen LogP contribution is 2.21. The van der Waals surface area contributed by atoms with E-state index in [1.807, 2.05) is 6.07 Å². The summed E-state index contributed by atoms with van der Waals surface area (Å²) in [4.78, 5) is 11.8. The Morgan fingerprint density at radius 3 is 2.80 bits per heavy atom. The summed E-state index contributed by atoms with van der Waals surface area (Å²) in [6.45, 7) is 0.723. The van der Waals surface area contributed by atoms with Crippen molar-refractivity contribution in [1.29, 1.82) is 0 Å². The van der Waals surface area contributed by atoms with E-state index in [2.05, 4.69) is 10.6 Å². The van der Waals surface area contributed by atoms with Crippen molar-refractivity contribution in [1.82, 2.24) is 5.32 Å². The van der Waals surface area contributed by atoms with Crippen molar-refractivity contribution in [2.75, 3.05) is 11.9 Å². The number of nitrogens with two attached hydrogens (primary N) is 1. The van der Waals surface area contributed by atoms with Crippen LogP contribution in [0.15, 0.2) is 18.2 Å². The van der Waals surface area contributed by atoms with Crippen LogP contribution in [0.3, 0.4) is 0 Å². The number of hydrogen-bond acceptors (Lipinski definition) is 3. The Morgan fingerprint density at radius 1 is 1.45 bits per heavy atom. The second-order valence-corrected chi connectivity index (χ2v) is 5.78. The van der Waals surface area contributed by atoms with Gasteiger partial charge in [0.1, 0.15) is 4.99 Å². The van der Waals surface area contributed by atoms with E-state index < -0.39 is 0 Å². The summed E-state index contributed by atoms with van der Waals surface area (Å²) < 4.78 is 0. The third kappa shape index (κ3) is 4.65. The lowest BCUT2D eigenvalue weighted by Gasteiger charge is -2.09. The Labute approximate surface area is 129 Å². The summed E-state index contributed by atoms with van der Waals surface area (Å²) in [7, 11) is 0. The van der Waals surface area contributed by atoms with Gasteiger partial charge in [0.15, 0.2) is 0 Å². The van der Waals surface area contributed by atoms with Gasteiger partial charge in [0.05, 0.1) is 5.02 Å². The summed E-state index contributed by atoms with van der Waals surface area (Å²) in [6, 6.07) is 5.90. The van der Waals surface area contributed by atoms with Crippen molar-refractivity contribution in [2.45, 2.75) is 31.7 Å². The summed E-state index contributed by atoms with van der Waals surface area (Å²) in [5, 5.41) is 6.73. The molecule has 0 spiro atoms. The molecule has 0 unspecified atom stereocenters. The van der Waals surface area contributed by atoms with Gasteiger partial charge >= 0.3 is 0 Å². The number of thiocarbonyl (C=S) groups is 1. The first-order valence-electron chi connectivity index (χ1n) is 6.69. The Balaban J connectivity index is 1.72. The Morgan fingerprint density at radius 2 is 2.20 bits per heavy atom. The monoisotopic (exact) mass is 311 g/mol. The minimum Gasteiger partial charge on any atom is -0.389 e. The summed E-state index contributed by atoms with van der Waals surface area (Å²) in [5.74, 6) is 0.135. The lowest BCUT2D eigenvalue weighted by Crippen LogP contribution is -2.25. The quantitative estimate of drug-likeness (QED) is 0.534. The van der Waals surface area contributed by atoms with Crippen molar-refractivity contribution < 1.29 is 4.79 Å². The molecule has 1 aromatic carbocycles. The largest absolute Gasteiger partial charge is 0.389 e. The molecule has 0 aromatic heterocycles. The van der Waals surface area contributed by atoms with E-state index >= 15 is 0 Å². The first kappa shape index (κ1) is 15.1. The number of halogens is 1. The van der Waals surface area contributed by atoms with Crippen LogP contribution in [0, 0.1) is 0 Å². The third-order valence-electron chi connectivity index (χ3n) is 3.09. The maximum Gasteiger partial charge on any atom is 0.220 e. The zero-order valence-electron chi connectivity index (χ0n) is 11.1. The zero-order chi connectivity index (χ0) is 14.5. The number of hydrogen-bond donors (Lipinski definition) is 3. The molecule has 0 atom stereocenters. The molecule has 4 nitrogen and oxygen atoms in total. The predicted molar refractivity (Wildman–Crippen MR) is 86.2 cm³/mol. The van der Waals surface area contributed by atoms with E-state index in [1.165, 1.54) is 0 Å². The number of amides is 1. The maximum absolute atomic E-state index is 11.5. The standard InChI is InChI=1S/C14H18ClN3OS/c15-12-8-10(5-6-11(12)14(16)20)17-7-1-2-13(19)18-9-3-4-9/h5-6,8-9,17H,1-4,7H2,(H2,16,20)(H,18,19). The van der Waals surface area contributed by atoms with Gasteiger partial charge in [-0.1, -0.05) is 23.8 Å². The molecule has 0 saturated heterocycles. The van der Waals surface area contributed by atoms with Crippen LogP contribution in [-0.2, 0) is 4.79 Å². The molecular weight excluding hydrogens is 294 g/mol. The fourth-order valence-electron chi connectivity index (χ4n) is 1.83. The SMILES string of the molecule is NC(=S)c1ccc(NCCCC(=O)NC2CC2)cc1Cl. The Hall–Kier alpha value is -1.33. The predicted octanol–water partition coefficient (Wildman–Crippen LogP) is 2.44. The zero-order valence-corrected chi connectivity index (χ0v) is 12.7. The Bertz CT molecular complexity index is 517. The van der Waals surface area contributed by atoms with Crippen molar-refractivity contribution in [2.24, 2.45) is 5.73 Å². The van der Waals surface area contributed by atoms with Crippen LogP contribution < -0.4 is 16.4 Å². The normalized spacial score (nSPS) is 13.8. The van der Waals surface area contributed by atoms with Crippen LogP contribution >= 0.6 is 23.8 Å². The van der Waals surface area contributed by atoms with Gasteiger partial charge in [0.2, 0.25) is 5.91 Å². The van der Waals surface area contributed by atoms with Crippen molar-refractivity contribution in [3.8, 4) is 0 Å². The minimum atomic E-state index is 0.135. The fourth-order valence-corrected chi connectivity index (χ4v) is 2.35. The minimum absolute atomic E-state index is 0.135. The number of nitrogens with one attached hydrogen (secondary N) is 2. The molecule has 2 rings (SSSR count). The number of benzene rings is 1. The third-order valence-corrected chi connectivity index (χ3v) is 3.62. The molecule has 0 radical (unpaired) electrons. The summed E-state index contributed by atoms with van der Waals surface area (Å²) in [6.07, 6.45) is 3.57. The molecule has 1 fully saturated rings. The lowest BCUT2D eigenvalue weighted by molar-refractivity contribution is -0.121. The maximum atomic E-state index is 11.5. The first-order chi connectivity index (χ1) is 9.56. The first-order valence-corrected chi connectivity index (χ1v) is 7.47. The average molecular weight is 312 g/mol. The molecule has 108 valence electrons. The second kappa shape index (κ2) is 6.90. The highest BCUT2D eigenvalue weighted by atomic mass is 35.5. The number of carbonyl (C=O) groups excluding carboxylic acids is 1. The molecule has 0 heterocycles. The van der Waals surface area contributed by atoms with Gasteiger partial charge in [-0.05, 0) is 37.5 Å². The molecule has 1 aromatic rings. The smallest absolute Gasteiger partial charge is 0.220 e. The molecule has 1 aliphatic rings. The van der Waals surface area contributed by atoms with Crippen LogP contribution in [0.2, 0.25) is 5.02 Å². The van der Waals surface area contributed by atoms with Crippen molar-refractivity contribution in [3.63, 3.8) is 0 Å². The van der Waals surface area contributed by atoms with Crippen LogP contribution in [0.25, 0.3) is 0 Å². The molecule has 1 amide bonds. The molecule has 1 saturated carbocycles. The highest BCUT2D eigenvalue weighted by Gasteiger charge is 2.22.